The molecule has 0 saturated heterocycles. The van der Waals surface area contributed by atoms with Crippen LogP contribution in [0.1, 0.15) is 0 Å². The van der Waals surface area contributed by atoms with Gasteiger partial charge < -0.3 is 0 Å². The first-order valence-corrected chi connectivity index (χ1v) is 8.69. The highest BCUT2D eigenvalue weighted by Crippen LogP contribution is 2.35. The maximum atomic E-state index is 5.11. The van der Waals surface area contributed by atoms with Crippen LogP contribution in [-0.4, -0.2) is 20.9 Å². The van der Waals surface area contributed by atoms with Gasteiger partial charge in [-0.3, -0.25) is 4.98 Å². The van der Waals surface area contributed by atoms with Gasteiger partial charge in [-0.2, -0.15) is 0 Å². The van der Waals surface area contributed by atoms with Gasteiger partial charge in [0.15, 0.2) is 0 Å². The zero-order valence-corrected chi connectivity index (χ0v) is 14.1. The molecule has 3 aromatic carbocycles. The summed E-state index contributed by atoms with van der Waals surface area (Å²) in [6, 6.07) is 31.3. The predicted molar refractivity (Wildman–Crippen MR) is 119 cm³/mol. The van der Waals surface area contributed by atoms with Crippen molar-refractivity contribution in [2.45, 2.75) is 0 Å². The van der Waals surface area contributed by atoms with Crippen LogP contribution >= 0.6 is 0 Å². The van der Waals surface area contributed by atoms with Gasteiger partial charge in [-0.05, 0) is 40.8 Å². The highest BCUT2D eigenvalue weighted by atomic mass is 28.1. The van der Waals surface area contributed by atoms with Crippen molar-refractivity contribution in [2.24, 2.45) is 0 Å². The average Bonchev–Trinajstić information content (AvgIpc) is 2.74. The normalized spacial score (nSPS) is 10.7. The summed E-state index contributed by atoms with van der Waals surface area (Å²) in [5.41, 5.74) is 6.41. The molecule has 0 N–H and O–H groups in total. The zero-order valence-electron chi connectivity index (χ0n) is 14.1. The van der Waals surface area contributed by atoms with Crippen LogP contribution in [0, 0.1) is 0 Å². The molecule has 0 bridgehead atoms. The molecular weight excluding hydrogens is 344 g/mol. The Morgan fingerprint density at radius 2 is 1.33 bits per heavy atom. The van der Waals surface area contributed by atoms with Crippen molar-refractivity contribution < 1.29 is 0 Å². The van der Waals surface area contributed by atoms with E-state index in [2.05, 4.69) is 77.8 Å². The first kappa shape index (κ1) is 17.1. The Kier molecular flexibility index (Phi) is 4.53. The Labute approximate surface area is 162 Å². The van der Waals surface area contributed by atoms with Crippen LogP contribution in [0.3, 0.4) is 0 Å². The molecule has 0 unspecified atom stereocenters. The quantitative estimate of drug-likeness (QED) is 0.336. The van der Waals surface area contributed by atoms with Crippen molar-refractivity contribution in [3.8, 4) is 22.4 Å². The van der Waals surface area contributed by atoms with Gasteiger partial charge in [0.1, 0.15) is 0 Å². The number of benzene rings is 3. The van der Waals surface area contributed by atoms with Gasteiger partial charge in [0.25, 0.3) is 0 Å². The van der Waals surface area contributed by atoms with Crippen molar-refractivity contribution >= 4 is 32.8 Å². The molecule has 130 valence electrons. The van der Waals surface area contributed by atoms with Gasteiger partial charge in [0, 0.05) is 28.1 Å². The number of aromatic nitrogens is 2. The topological polar surface area (TPSA) is 25.8 Å². The number of fused-ring (bicyclic) bond motifs is 3. The highest BCUT2D eigenvalue weighted by molar-refractivity contribution is 6.06. The van der Waals surface area contributed by atoms with E-state index >= 15 is 0 Å². The molecule has 5 aromatic rings. The zero-order chi connectivity index (χ0) is 17.3. The summed E-state index contributed by atoms with van der Waals surface area (Å²) in [5.74, 6) is 0. The lowest BCUT2D eigenvalue weighted by molar-refractivity contribution is 1.38. The SMILES string of the molecule is [SiH4].c1ccc(-c2cc3ccc4ncccc4c3nc2-c2ccccc2)cc1. The fourth-order valence-corrected chi connectivity index (χ4v) is 3.44. The van der Waals surface area contributed by atoms with E-state index < -0.39 is 0 Å². The van der Waals surface area contributed by atoms with Crippen LogP contribution in [0.15, 0.2) is 97.2 Å². The van der Waals surface area contributed by atoms with E-state index in [-0.39, 0.29) is 11.0 Å². The number of pyridine rings is 2. The lowest BCUT2D eigenvalue weighted by atomic mass is 9.96. The second-order valence-electron chi connectivity index (χ2n) is 6.32. The van der Waals surface area contributed by atoms with Crippen LogP contribution in [0.4, 0.5) is 0 Å². The smallest absolute Gasteiger partial charge is 0.0804 e. The summed E-state index contributed by atoms with van der Waals surface area (Å²) in [6.07, 6.45) is 1.82. The molecule has 0 aliphatic heterocycles. The fourth-order valence-electron chi connectivity index (χ4n) is 3.44. The average molecular weight is 365 g/mol. The largest absolute Gasteiger partial charge is 0.256 e. The summed E-state index contributed by atoms with van der Waals surface area (Å²) in [4.78, 5) is 9.58. The van der Waals surface area contributed by atoms with Crippen LogP contribution in [-0.2, 0) is 0 Å². The predicted octanol–water partition coefficient (Wildman–Crippen LogP) is 4.67. The molecule has 0 aliphatic carbocycles. The summed E-state index contributed by atoms with van der Waals surface area (Å²) >= 11 is 0. The molecule has 2 aromatic heterocycles. The van der Waals surface area contributed by atoms with Crippen molar-refractivity contribution in [1.29, 1.82) is 0 Å². The minimum atomic E-state index is 0. The second kappa shape index (κ2) is 7.14. The van der Waals surface area contributed by atoms with Crippen LogP contribution in [0.25, 0.3) is 44.2 Å². The van der Waals surface area contributed by atoms with Crippen molar-refractivity contribution in [3.63, 3.8) is 0 Å². The van der Waals surface area contributed by atoms with E-state index in [1.807, 2.05) is 24.4 Å². The fraction of sp³-hybridized carbons (Fsp3) is 0. The molecule has 5 rings (SSSR count). The maximum absolute atomic E-state index is 5.11. The molecule has 3 heteroatoms. The van der Waals surface area contributed by atoms with Crippen LogP contribution in [0.5, 0.6) is 0 Å². The first-order chi connectivity index (χ1) is 12.9. The molecule has 2 nitrogen and oxygen atoms in total. The number of hydrogen-bond acceptors (Lipinski definition) is 2. The molecule has 0 fully saturated rings. The van der Waals surface area contributed by atoms with Gasteiger partial charge in [-0.15, -0.1) is 0 Å². The summed E-state index contributed by atoms with van der Waals surface area (Å²) < 4.78 is 0. The molecular formula is C24H20N2Si. The molecule has 0 atom stereocenters. The van der Waals surface area contributed by atoms with E-state index in [9.17, 15) is 0 Å². The van der Waals surface area contributed by atoms with E-state index in [4.69, 9.17) is 4.98 Å². The van der Waals surface area contributed by atoms with E-state index in [1.54, 1.807) is 0 Å². The third-order valence-electron chi connectivity index (χ3n) is 4.70. The third-order valence-corrected chi connectivity index (χ3v) is 4.70. The van der Waals surface area contributed by atoms with Gasteiger partial charge in [0.05, 0.1) is 16.7 Å². The number of nitrogens with zero attached hydrogens (tertiary/aromatic N) is 2. The Morgan fingerprint density at radius 1 is 0.630 bits per heavy atom. The first-order valence-electron chi connectivity index (χ1n) is 8.69. The highest BCUT2D eigenvalue weighted by Gasteiger charge is 2.12. The second-order valence-corrected chi connectivity index (χ2v) is 6.32. The standard InChI is InChI=1S/C24H16N2.H4Si/c1-3-8-17(9-4-1)21-16-19-13-14-22-20(12-7-15-25-22)24(19)26-23(21)18-10-5-2-6-11-18;/h1-16H;1H4. The van der Waals surface area contributed by atoms with E-state index in [0.717, 1.165) is 38.6 Å². The molecule has 27 heavy (non-hydrogen) atoms. The van der Waals surface area contributed by atoms with Gasteiger partial charge in [-0.1, -0.05) is 66.7 Å². The van der Waals surface area contributed by atoms with Gasteiger partial charge in [0.2, 0.25) is 0 Å². The molecule has 0 amide bonds. The summed E-state index contributed by atoms with van der Waals surface area (Å²) in [6.45, 7) is 0. The molecule has 0 spiro atoms. The number of rotatable bonds is 2. The third kappa shape index (κ3) is 3.02. The lowest BCUT2D eigenvalue weighted by Crippen LogP contribution is -1.92. The summed E-state index contributed by atoms with van der Waals surface area (Å²) in [5, 5.41) is 2.21. The summed E-state index contributed by atoms with van der Waals surface area (Å²) in [7, 11) is 0. The number of hydrogen-bond donors (Lipinski definition) is 0. The Hall–Kier alpha value is -3.30. The lowest BCUT2D eigenvalue weighted by Gasteiger charge is -2.12. The van der Waals surface area contributed by atoms with Gasteiger partial charge in [-0.25, -0.2) is 4.98 Å². The van der Waals surface area contributed by atoms with E-state index in [1.165, 1.54) is 5.56 Å². The Balaban J connectivity index is 0.00000180. The van der Waals surface area contributed by atoms with Crippen LogP contribution < -0.4 is 0 Å². The van der Waals surface area contributed by atoms with Crippen molar-refractivity contribution in [1.82, 2.24) is 9.97 Å². The van der Waals surface area contributed by atoms with Gasteiger partial charge >= 0.3 is 0 Å². The van der Waals surface area contributed by atoms with Crippen molar-refractivity contribution in [3.05, 3.63) is 97.2 Å². The Bertz CT molecular complexity index is 1220. The maximum Gasteiger partial charge on any atom is 0.0804 e. The molecule has 0 aliphatic rings. The monoisotopic (exact) mass is 364 g/mol. The molecule has 2 heterocycles. The Morgan fingerprint density at radius 3 is 2.07 bits per heavy atom. The minimum Gasteiger partial charge on any atom is -0.256 e. The van der Waals surface area contributed by atoms with Crippen LogP contribution in [0.2, 0.25) is 0 Å². The van der Waals surface area contributed by atoms with Crippen molar-refractivity contribution in [2.75, 3.05) is 0 Å². The minimum absolute atomic E-state index is 0. The molecule has 0 radical (unpaired) electrons. The molecule has 0 saturated carbocycles. The van der Waals surface area contributed by atoms with E-state index in [0.29, 0.717) is 0 Å².